The van der Waals surface area contributed by atoms with Gasteiger partial charge >= 0.3 is 0 Å². The van der Waals surface area contributed by atoms with E-state index in [2.05, 4.69) is 129 Å². The van der Waals surface area contributed by atoms with Crippen LogP contribution in [0.5, 0.6) is 0 Å². The van der Waals surface area contributed by atoms with Crippen molar-refractivity contribution in [2.24, 2.45) is 0 Å². The minimum Gasteiger partial charge on any atom is -0.456 e. The predicted octanol–water partition coefficient (Wildman–Crippen LogP) is 12.5. The predicted molar refractivity (Wildman–Crippen MR) is 204 cm³/mol. The van der Waals surface area contributed by atoms with Gasteiger partial charge in [-0.1, -0.05) is 141 Å². The highest BCUT2D eigenvalue weighted by Crippen LogP contribution is 2.51. The number of fused-ring (bicyclic) bond motifs is 7. The molecule has 3 heteroatoms. The number of hydrogen-bond donors (Lipinski definition) is 0. The molecule has 0 spiro atoms. The average Bonchev–Trinajstić information content (AvgIpc) is 3.83. The minimum absolute atomic E-state index is 0.0874. The number of nitrogens with zero attached hydrogens (tertiary/aromatic N) is 1. The number of furan rings is 1. The van der Waals surface area contributed by atoms with Crippen LogP contribution in [0.3, 0.4) is 0 Å². The molecule has 0 radical (unpaired) electrons. The largest absolute Gasteiger partial charge is 0.456 e. The van der Waals surface area contributed by atoms with Crippen LogP contribution in [0.4, 0.5) is 0 Å². The summed E-state index contributed by atoms with van der Waals surface area (Å²) < 4.78 is 13.5. The Balaban J connectivity index is 1.31. The lowest BCUT2D eigenvalue weighted by Crippen LogP contribution is -2.15. The smallest absolute Gasteiger partial charge is 0.227 e. The standard InChI is InChI=1S/C47H33NO2/c1-47(2)38-22-11-9-20-34(38)36-27-33(24-25-39(36)47)42(32-19-13-18-31(26-32)29-14-5-3-6-15-29)43-44-41(50-46(48-44)30-16-7-4-8-17-30)28-37-35-21-10-12-23-40(35)49-45(37)43/h3-28,42H,1-2H3. The number of rotatable bonds is 5. The summed E-state index contributed by atoms with van der Waals surface area (Å²) in [4.78, 5) is 5.26. The van der Waals surface area contributed by atoms with Crippen molar-refractivity contribution >= 4 is 33.0 Å². The Labute approximate surface area is 290 Å². The van der Waals surface area contributed by atoms with E-state index in [-0.39, 0.29) is 11.3 Å². The van der Waals surface area contributed by atoms with Crippen LogP contribution in [-0.4, -0.2) is 4.98 Å². The van der Waals surface area contributed by atoms with E-state index in [1.807, 2.05) is 42.5 Å². The van der Waals surface area contributed by atoms with E-state index in [0.717, 1.165) is 49.7 Å². The van der Waals surface area contributed by atoms with Crippen LogP contribution in [0, 0.1) is 0 Å². The molecule has 50 heavy (non-hydrogen) atoms. The van der Waals surface area contributed by atoms with Gasteiger partial charge in [0.15, 0.2) is 5.58 Å². The lowest BCUT2D eigenvalue weighted by molar-refractivity contribution is 0.620. The van der Waals surface area contributed by atoms with Gasteiger partial charge in [0.05, 0.1) is 0 Å². The van der Waals surface area contributed by atoms with Gasteiger partial charge in [-0.05, 0) is 74.8 Å². The summed E-state index contributed by atoms with van der Waals surface area (Å²) in [7, 11) is 0. The van der Waals surface area contributed by atoms with Crippen LogP contribution in [0.1, 0.15) is 47.6 Å². The Bertz CT molecular complexity index is 2730. The van der Waals surface area contributed by atoms with Crippen molar-refractivity contribution in [2.75, 3.05) is 0 Å². The van der Waals surface area contributed by atoms with Gasteiger partial charge in [-0.3, -0.25) is 0 Å². The van der Waals surface area contributed by atoms with Crippen LogP contribution in [0.25, 0.3) is 66.7 Å². The van der Waals surface area contributed by atoms with Crippen LogP contribution < -0.4 is 0 Å². The highest BCUT2D eigenvalue weighted by atomic mass is 16.4. The van der Waals surface area contributed by atoms with Crippen LogP contribution >= 0.6 is 0 Å². The number of benzene rings is 7. The molecule has 0 bridgehead atoms. The second-order valence-electron chi connectivity index (χ2n) is 13.9. The van der Waals surface area contributed by atoms with E-state index in [9.17, 15) is 0 Å². The lowest BCUT2D eigenvalue weighted by Gasteiger charge is -2.23. The molecule has 0 saturated heterocycles. The normalized spacial score (nSPS) is 13.9. The van der Waals surface area contributed by atoms with Gasteiger partial charge in [0.1, 0.15) is 16.7 Å². The SMILES string of the molecule is CC1(C)c2ccccc2-c2cc(C(c3cccc(-c4ccccc4)c3)c3c4nc(-c5ccccc5)oc4cc4c3oc3ccccc34)ccc21. The molecule has 7 aromatic carbocycles. The molecule has 3 nitrogen and oxygen atoms in total. The highest BCUT2D eigenvalue weighted by molar-refractivity contribution is 6.11. The van der Waals surface area contributed by atoms with Crippen molar-refractivity contribution in [2.45, 2.75) is 25.2 Å². The summed E-state index contributed by atoms with van der Waals surface area (Å²) in [5, 5.41) is 2.08. The summed E-state index contributed by atoms with van der Waals surface area (Å²) in [6.45, 7) is 4.66. The van der Waals surface area contributed by atoms with E-state index < -0.39 is 0 Å². The van der Waals surface area contributed by atoms with Gasteiger partial charge in [-0.2, -0.15) is 0 Å². The molecule has 10 rings (SSSR count). The minimum atomic E-state index is -0.208. The zero-order chi connectivity index (χ0) is 33.4. The Kier molecular flexibility index (Phi) is 6.28. The third-order valence-corrected chi connectivity index (χ3v) is 10.6. The van der Waals surface area contributed by atoms with Crippen molar-refractivity contribution in [1.82, 2.24) is 4.98 Å². The van der Waals surface area contributed by atoms with Crippen LogP contribution in [0.2, 0.25) is 0 Å². The van der Waals surface area contributed by atoms with Crippen molar-refractivity contribution < 1.29 is 8.83 Å². The van der Waals surface area contributed by atoms with Crippen molar-refractivity contribution in [1.29, 1.82) is 0 Å². The molecular formula is C47H33NO2. The fraction of sp³-hybridized carbons (Fsp3) is 0.0851. The first kappa shape index (κ1) is 28.8. The number of oxazole rings is 1. The molecule has 2 heterocycles. The monoisotopic (exact) mass is 643 g/mol. The molecule has 0 aliphatic heterocycles. The molecule has 1 aliphatic rings. The molecule has 238 valence electrons. The Hall–Kier alpha value is -6.19. The first-order chi connectivity index (χ1) is 24.5. The molecule has 0 N–H and O–H groups in total. The average molecular weight is 644 g/mol. The van der Waals surface area contributed by atoms with Crippen LogP contribution in [-0.2, 0) is 5.41 Å². The summed E-state index contributed by atoms with van der Waals surface area (Å²) in [5.74, 6) is 0.389. The zero-order valence-corrected chi connectivity index (χ0v) is 27.9. The second kappa shape index (κ2) is 10.9. The van der Waals surface area contributed by atoms with E-state index >= 15 is 0 Å². The zero-order valence-electron chi connectivity index (χ0n) is 27.9. The Morgan fingerprint density at radius 1 is 0.500 bits per heavy atom. The number of aromatic nitrogens is 1. The molecule has 1 aliphatic carbocycles. The first-order valence-corrected chi connectivity index (χ1v) is 17.2. The van der Waals surface area contributed by atoms with Crippen LogP contribution in [0.15, 0.2) is 167 Å². The second-order valence-corrected chi connectivity index (χ2v) is 13.9. The van der Waals surface area contributed by atoms with E-state index in [1.54, 1.807) is 0 Å². The fourth-order valence-corrected chi connectivity index (χ4v) is 8.21. The maximum Gasteiger partial charge on any atom is 0.227 e. The van der Waals surface area contributed by atoms with Crippen molar-refractivity contribution in [3.05, 3.63) is 186 Å². The first-order valence-electron chi connectivity index (χ1n) is 17.2. The molecule has 1 unspecified atom stereocenters. The molecule has 0 fully saturated rings. The molecule has 9 aromatic rings. The molecule has 0 saturated carbocycles. The maximum atomic E-state index is 6.85. The van der Waals surface area contributed by atoms with Crippen molar-refractivity contribution in [3.8, 4) is 33.7 Å². The maximum absolute atomic E-state index is 6.85. The fourth-order valence-electron chi connectivity index (χ4n) is 8.21. The van der Waals surface area contributed by atoms with E-state index in [4.69, 9.17) is 13.8 Å². The molecule has 0 amide bonds. The van der Waals surface area contributed by atoms with E-state index in [1.165, 1.54) is 38.9 Å². The summed E-state index contributed by atoms with van der Waals surface area (Å²) >= 11 is 0. The van der Waals surface area contributed by atoms with Gasteiger partial charge in [-0.25, -0.2) is 4.98 Å². The van der Waals surface area contributed by atoms with Gasteiger partial charge in [-0.15, -0.1) is 0 Å². The Morgan fingerprint density at radius 2 is 1.18 bits per heavy atom. The van der Waals surface area contributed by atoms with Gasteiger partial charge < -0.3 is 8.83 Å². The summed E-state index contributed by atoms with van der Waals surface area (Å²) in [5.41, 5.74) is 15.1. The highest BCUT2D eigenvalue weighted by Gasteiger charge is 2.36. The number of hydrogen-bond acceptors (Lipinski definition) is 3. The third kappa shape index (κ3) is 4.33. The van der Waals surface area contributed by atoms with Gasteiger partial charge in [0.2, 0.25) is 5.89 Å². The molecular weight excluding hydrogens is 611 g/mol. The van der Waals surface area contributed by atoms with Gasteiger partial charge in [0, 0.05) is 33.2 Å². The van der Waals surface area contributed by atoms with E-state index in [0.29, 0.717) is 5.89 Å². The topological polar surface area (TPSA) is 39.2 Å². The Morgan fingerprint density at radius 3 is 2.02 bits per heavy atom. The summed E-state index contributed by atoms with van der Waals surface area (Å²) in [6, 6.07) is 56.0. The van der Waals surface area contributed by atoms with Crippen molar-refractivity contribution in [3.63, 3.8) is 0 Å². The quantitative estimate of drug-likeness (QED) is 0.175. The van der Waals surface area contributed by atoms with Gasteiger partial charge in [0.25, 0.3) is 0 Å². The molecule has 1 atom stereocenters. The number of para-hydroxylation sites is 1. The third-order valence-electron chi connectivity index (χ3n) is 10.6. The lowest BCUT2D eigenvalue weighted by atomic mass is 9.79. The summed E-state index contributed by atoms with van der Waals surface area (Å²) in [6.07, 6.45) is 0. The molecule has 2 aromatic heterocycles.